The first-order valence-corrected chi connectivity index (χ1v) is 9.24. The molecule has 2 rings (SSSR count). The third kappa shape index (κ3) is 3.50. The molecule has 3 unspecified atom stereocenters. The number of carbonyl (C=O) groups excluding carboxylic acids is 1. The fraction of sp³-hybridized carbons (Fsp3) is 0.947. The van der Waals surface area contributed by atoms with Crippen molar-refractivity contribution in [2.24, 2.45) is 29.6 Å². The molecule has 2 aliphatic heterocycles. The van der Waals surface area contributed by atoms with Crippen LogP contribution in [0.1, 0.15) is 60.8 Å². The zero-order chi connectivity index (χ0) is 16.4. The van der Waals surface area contributed by atoms with Crippen LogP contribution in [0.25, 0.3) is 0 Å². The SMILES string of the molecule is CC(C)C(C(=O)N1C(C)C(C)C[C@H]1C(C)C)C1CCOCC1. The van der Waals surface area contributed by atoms with Crippen LogP contribution in [0.3, 0.4) is 0 Å². The third-order valence-corrected chi connectivity index (χ3v) is 6.03. The molecule has 2 fully saturated rings. The molecule has 0 saturated carbocycles. The standard InChI is InChI=1S/C19H35NO2/c1-12(2)17-11-14(5)15(6)20(17)19(21)18(13(3)4)16-7-9-22-10-8-16/h12-18H,7-11H2,1-6H3/t14?,15?,17-,18?/m0/s1. The van der Waals surface area contributed by atoms with Crippen molar-refractivity contribution in [3.63, 3.8) is 0 Å². The van der Waals surface area contributed by atoms with E-state index in [2.05, 4.69) is 46.4 Å². The molecule has 0 aromatic rings. The number of hydrogen-bond acceptors (Lipinski definition) is 2. The van der Waals surface area contributed by atoms with Gasteiger partial charge in [-0.3, -0.25) is 4.79 Å². The first-order chi connectivity index (χ1) is 10.3. The molecule has 3 nitrogen and oxygen atoms in total. The molecule has 4 atom stereocenters. The fourth-order valence-electron chi connectivity index (χ4n) is 4.50. The summed E-state index contributed by atoms with van der Waals surface area (Å²) in [6.07, 6.45) is 3.24. The van der Waals surface area contributed by atoms with Crippen molar-refractivity contribution in [2.75, 3.05) is 13.2 Å². The van der Waals surface area contributed by atoms with Gasteiger partial charge in [0, 0.05) is 31.2 Å². The summed E-state index contributed by atoms with van der Waals surface area (Å²) in [5, 5.41) is 0. The lowest BCUT2D eigenvalue weighted by atomic mass is 9.77. The minimum Gasteiger partial charge on any atom is -0.381 e. The molecule has 2 aliphatic rings. The topological polar surface area (TPSA) is 29.5 Å². The van der Waals surface area contributed by atoms with Crippen LogP contribution in [0.2, 0.25) is 0 Å². The van der Waals surface area contributed by atoms with Crippen LogP contribution >= 0.6 is 0 Å². The molecule has 0 radical (unpaired) electrons. The van der Waals surface area contributed by atoms with Crippen LogP contribution in [-0.2, 0) is 9.53 Å². The second kappa shape index (κ2) is 7.33. The summed E-state index contributed by atoms with van der Waals surface area (Å²) in [5.74, 6) is 2.64. The predicted molar refractivity (Wildman–Crippen MR) is 90.6 cm³/mol. The second-order valence-corrected chi connectivity index (χ2v) is 8.23. The summed E-state index contributed by atoms with van der Waals surface area (Å²) in [4.78, 5) is 15.7. The fourth-order valence-corrected chi connectivity index (χ4v) is 4.50. The molecular weight excluding hydrogens is 274 g/mol. The largest absolute Gasteiger partial charge is 0.381 e. The van der Waals surface area contributed by atoms with Gasteiger partial charge < -0.3 is 9.64 Å². The number of nitrogens with zero attached hydrogens (tertiary/aromatic N) is 1. The Labute approximate surface area is 136 Å². The Bertz CT molecular complexity index is 374. The van der Waals surface area contributed by atoms with Crippen molar-refractivity contribution in [3.8, 4) is 0 Å². The van der Waals surface area contributed by atoms with Crippen LogP contribution in [0.15, 0.2) is 0 Å². The van der Waals surface area contributed by atoms with Gasteiger partial charge in [-0.15, -0.1) is 0 Å². The van der Waals surface area contributed by atoms with E-state index in [1.165, 1.54) is 0 Å². The minimum atomic E-state index is 0.165. The summed E-state index contributed by atoms with van der Waals surface area (Å²) >= 11 is 0. The lowest BCUT2D eigenvalue weighted by Gasteiger charge is -2.39. The zero-order valence-electron chi connectivity index (χ0n) is 15.3. The molecule has 0 aromatic heterocycles. The molecule has 128 valence electrons. The van der Waals surface area contributed by atoms with Gasteiger partial charge in [0.05, 0.1) is 0 Å². The van der Waals surface area contributed by atoms with Gasteiger partial charge in [0.15, 0.2) is 0 Å². The lowest BCUT2D eigenvalue weighted by molar-refractivity contribution is -0.144. The number of rotatable bonds is 4. The van der Waals surface area contributed by atoms with Gasteiger partial charge in [-0.2, -0.15) is 0 Å². The van der Waals surface area contributed by atoms with Gasteiger partial charge in [-0.05, 0) is 49.9 Å². The first-order valence-electron chi connectivity index (χ1n) is 9.24. The van der Waals surface area contributed by atoms with E-state index in [0.29, 0.717) is 41.7 Å². The molecule has 0 bridgehead atoms. The van der Waals surface area contributed by atoms with Crippen molar-refractivity contribution < 1.29 is 9.53 Å². The highest BCUT2D eigenvalue weighted by molar-refractivity contribution is 5.80. The Morgan fingerprint density at radius 3 is 2.18 bits per heavy atom. The molecule has 2 heterocycles. The van der Waals surface area contributed by atoms with Gasteiger partial charge in [0.25, 0.3) is 0 Å². The maximum atomic E-state index is 13.4. The molecule has 1 amide bonds. The maximum Gasteiger partial charge on any atom is 0.226 e. The summed E-state index contributed by atoms with van der Waals surface area (Å²) in [6, 6.07) is 0.791. The number of likely N-dealkylation sites (tertiary alicyclic amines) is 1. The number of carbonyl (C=O) groups is 1. The monoisotopic (exact) mass is 309 g/mol. The Hall–Kier alpha value is -0.570. The van der Waals surface area contributed by atoms with Gasteiger partial charge in [-0.25, -0.2) is 0 Å². The van der Waals surface area contributed by atoms with E-state index in [0.717, 1.165) is 32.5 Å². The number of amides is 1. The van der Waals surface area contributed by atoms with E-state index >= 15 is 0 Å². The quantitative estimate of drug-likeness (QED) is 0.786. The average Bonchev–Trinajstić information content (AvgIpc) is 2.76. The Morgan fingerprint density at radius 2 is 1.68 bits per heavy atom. The van der Waals surface area contributed by atoms with Gasteiger partial charge >= 0.3 is 0 Å². The smallest absolute Gasteiger partial charge is 0.226 e. The molecule has 3 heteroatoms. The lowest BCUT2D eigenvalue weighted by Crippen LogP contribution is -2.49. The van der Waals surface area contributed by atoms with E-state index in [1.807, 2.05) is 0 Å². The first kappa shape index (κ1) is 17.8. The molecule has 2 saturated heterocycles. The van der Waals surface area contributed by atoms with E-state index < -0.39 is 0 Å². The zero-order valence-corrected chi connectivity index (χ0v) is 15.3. The Morgan fingerprint density at radius 1 is 1.09 bits per heavy atom. The molecule has 0 aromatic carbocycles. The van der Waals surface area contributed by atoms with Crippen molar-refractivity contribution in [3.05, 3.63) is 0 Å². The van der Waals surface area contributed by atoms with E-state index in [1.54, 1.807) is 0 Å². The van der Waals surface area contributed by atoms with Gasteiger partial charge in [0.1, 0.15) is 0 Å². The minimum absolute atomic E-state index is 0.165. The highest BCUT2D eigenvalue weighted by Gasteiger charge is 2.44. The van der Waals surface area contributed by atoms with E-state index in [-0.39, 0.29) is 5.92 Å². The molecule has 0 aliphatic carbocycles. The third-order valence-electron chi connectivity index (χ3n) is 6.03. The van der Waals surface area contributed by atoms with Crippen molar-refractivity contribution in [1.82, 2.24) is 4.90 Å². The Kier molecular flexibility index (Phi) is 5.93. The number of ether oxygens (including phenoxy) is 1. The van der Waals surface area contributed by atoms with Crippen LogP contribution in [0.4, 0.5) is 0 Å². The van der Waals surface area contributed by atoms with Crippen molar-refractivity contribution >= 4 is 5.91 Å². The maximum absolute atomic E-state index is 13.4. The number of hydrogen-bond donors (Lipinski definition) is 0. The predicted octanol–water partition coefficient (Wildman–Crippen LogP) is 3.97. The van der Waals surface area contributed by atoms with Crippen LogP contribution < -0.4 is 0 Å². The summed E-state index contributed by atoms with van der Waals surface area (Å²) in [5.41, 5.74) is 0. The van der Waals surface area contributed by atoms with Crippen LogP contribution in [0, 0.1) is 29.6 Å². The molecule has 0 spiro atoms. The van der Waals surface area contributed by atoms with Crippen LogP contribution in [-0.4, -0.2) is 36.1 Å². The molecular formula is C19H35NO2. The van der Waals surface area contributed by atoms with Gasteiger partial charge in [0.2, 0.25) is 5.91 Å². The second-order valence-electron chi connectivity index (χ2n) is 8.23. The van der Waals surface area contributed by atoms with E-state index in [4.69, 9.17) is 4.74 Å². The van der Waals surface area contributed by atoms with Crippen molar-refractivity contribution in [1.29, 1.82) is 0 Å². The normalized spacial score (nSPS) is 32.0. The van der Waals surface area contributed by atoms with Gasteiger partial charge in [-0.1, -0.05) is 34.6 Å². The highest BCUT2D eigenvalue weighted by Crippen LogP contribution is 2.38. The molecule has 0 N–H and O–H groups in total. The summed E-state index contributed by atoms with van der Waals surface area (Å²) in [7, 11) is 0. The van der Waals surface area contributed by atoms with Crippen LogP contribution in [0.5, 0.6) is 0 Å². The highest BCUT2D eigenvalue weighted by atomic mass is 16.5. The average molecular weight is 309 g/mol. The molecule has 22 heavy (non-hydrogen) atoms. The van der Waals surface area contributed by atoms with Crippen molar-refractivity contribution in [2.45, 2.75) is 72.9 Å². The summed E-state index contributed by atoms with van der Waals surface area (Å²) < 4.78 is 5.51. The van der Waals surface area contributed by atoms with E-state index in [9.17, 15) is 4.79 Å². The Balaban J connectivity index is 2.21. The summed E-state index contributed by atoms with van der Waals surface area (Å²) in [6.45, 7) is 15.1.